The van der Waals surface area contributed by atoms with Crippen LogP contribution in [0.25, 0.3) is 0 Å². The minimum Gasteiger partial charge on any atom is -0.302 e. The lowest BCUT2D eigenvalue weighted by molar-refractivity contribution is 0.460. The van der Waals surface area contributed by atoms with Crippen LogP contribution in [0.1, 0.15) is 32.6 Å². The highest BCUT2D eigenvalue weighted by Gasteiger charge is 2.25. The molecule has 0 bridgehead atoms. The summed E-state index contributed by atoms with van der Waals surface area (Å²) in [5.74, 6) is 0.625. The molecule has 1 aliphatic rings. The molecule has 2 atom stereocenters. The molecule has 1 aliphatic heterocycles. The van der Waals surface area contributed by atoms with Crippen molar-refractivity contribution in [2.75, 3.05) is 6.54 Å². The molecule has 1 rings (SSSR count). The van der Waals surface area contributed by atoms with Gasteiger partial charge in [-0.15, -0.1) is 0 Å². The van der Waals surface area contributed by atoms with Crippen molar-refractivity contribution in [3.8, 4) is 6.07 Å². The normalized spacial score (nSPS) is 30.2. The zero-order valence-electron chi connectivity index (χ0n) is 7.14. The molecule has 0 amide bonds. The van der Waals surface area contributed by atoms with E-state index in [2.05, 4.69) is 18.3 Å². The summed E-state index contributed by atoms with van der Waals surface area (Å²) < 4.78 is 0. The number of nitriles is 1. The highest BCUT2D eigenvalue weighted by Crippen LogP contribution is 2.20. The molecule has 0 spiro atoms. The van der Waals surface area contributed by atoms with Crippen molar-refractivity contribution in [2.45, 2.75) is 38.6 Å². The monoisotopic (exact) mass is 152 g/mol. The van der Waals surface area contributed by atoms with Crippen LogP contribution >= 0.6 is 0 Å². The average molecular weight is 152 g/mol. The van der Waals surface area contributed by atoms with Crippen LogP contribution in [0.4, 0.5) is 0 Å². The first-order valence-electron chi connectivity index (χ1n) is 4.51. The molecular weight excluding hydrogens is 136 g/mol. The quantitative estimate of drug-likeness (QED) is 0.667. The van der Waals surface area contributed by atoms with Gasteiger partial charge in [-0.2, -0.15) is 5.26 Å². The van der Waals surface area contributed by atoms with E-state index < -0.39 is 0 Å². The first-order valence-corrected chi connectivity index (χ1v) is 4.51. The summed E-state index contributed by atoms with van der Waals surface area (Å²) in [6.45, 7) is 3.23. The number of hydrogen-bond donors (Lipinski definition) is 1. The fraction of sp³-hybridized carbons (Fsp3) is 0.889. The Hall–Kier alpha value is -0.550. The molecule has 1 N–H and O–H groups in total. The molecule has 2 heteroatoms. The third kappa shape index (κ3) is 2.20. The molecule has 1 saturated heterocycles. The third-order valence-corrected chi connectivity index (χ3v) is 2.42. The van der Waals surface area contributed by atoms with Crippen LogP contribution in [-0.2, 0) is 0 Å². The first-order chi connectivity index (χ1) is 5.38. The Balaban J connectivity index is 2.27. The Labute approximate surface area is 68.6 Å². The predicted molar refractivity (Wildman–Crippen MR) is 45.0 cm³/mol. The molecule has 0 aliphatic carbocycles. The summed E-state index contributed by atoms with van der Waals surface area (Å²) in [5, 5.41) is 11.9. The van der Waals surface area contributed by atoms with Crippen molar-refractivity contribution in [1.29, 1.82) is 5.26 Å². The molecule has 0 radical (unpaired) electrons. The molecule has 0 saturated carbocycles. The first kappa shape index (κ1) is 8.55. The third-order valence-electron chi connectivity index (χ3n) is 2.42. The lowest BCUT2D eigenvalue weighted by Crippen LogP contribution is -2.24. The van der Waals surface area contributed by atoms with Crippen LogP contribution in [0.2, 0.25) is 0 Å². The number of unbranched alkanes of at least 4 members (excludes halogenated alkanes) is 1. The Bertz CT molecular complexity index is 148. The van der Waals surface area contributed by atoms with E-state index in [0.717, 1.165) is 6.54 Å². The molecule has 62 valence electrons. The van der Waals surface area contributed by atoms with Gasteiger partial charge in [-0.1, -0.05) is 19.8 Å². The van der Waals surface area contributed by atoms with Gasteiger partial charge in [0.15, 0.2) is 0 Å². The average Bonchev–Trinajstić information content (AvgIpc) is 2.47. The minimum atomic E-state index is 0.140. The van der Waals surface area contributed by atoms with E-state index >= 15 is 0 Å². The zero-order chi connectivity index (χ0) is 8.10. The van der Waals surface area contributed by atoms with Gasteiger partial charge in [-0.3, -0.25) is 0 Å². The Kier molecular flexibility index (Phi) is 3.38. The summed E-state index contributed by atoms with van der Waals surface area (Å²) in [7, 11) is 0. The zero-order valence-corrected chi connectivity index (χ0v) is 7.14. The summed E-state index contributed by atoms with van der Waals surface area (Å²) in [5.41, 5.74) is 0. The number of rotatable bonds is 3. The van der Waals surface area contributed by atoms with Crippen molar-refractivity contribution >= 4 is 0 Å². The molecule has 0 aromatic rings. The molecule has 1 fully saturated rings. The molecule has 2 nitrogen and oxygen atoms in total. The molecule has 0 aromatic carbocycles. The van der Waals surface area contributed by atoms with E-state index in [9.17, 15) is 0 Å². The fourth-order valence-corrected chi connectivity index (χ4v) is 1.69. The smallest absolute Gasteiger partial charge is 0.0981 e. The Morgan fingerprint density at radius 2 is 2.45 bits per heavy atom. The van der Waals surface area contributed by atoms with E-state index in [1.807, 2.05) is 0 Å². The van der Waals surface area contributed by atoms with Gasteiger partial charge in [0, 0.05) is 0 Å². The maximum absolute atomic E-state index is 8.72. The van der Waals surface area contributed by atoms with Crippen LogP contribution in [0.3, 0.4) is 0 Å². The SMILES string of the molecule is CCCC[C@H]1CCN[C@@H]1C#N. The molecule has 0 unspecified atom stereocenters. The second-order valence-corrected chi connectivity index (χ2v) is 3.25. The number of nitrogens with zero attached hydrogens (tertiary/aromatic N) is 1. The Morgan fingerprint density at radius 1 is 1.64 bits per heavy atom. The van der Waals surface area contributed by atoms with Gasteiger partial charge < -0.3 is 5.32 Å². The van der Waals surface area contributed by atoms with Crippen molar-refractivity contribution in [1.82, 2.24) is 5.32 Å². The predicted octanol–water partition coefficient (Wildman–Crippen LogP) is 1.68. The van der Waals surface area contributed by atoms with Crippen LogP contribution in [0.5, 0.6) is 0 Å². The van der Waals surface area contributed by atoms with E-state index in [1.165, 1.54) is 25.7 Å². The van der Waals surface area contributed by atoms with Gasteiger partial charge >= 0.3 is 0 Å². The number of nitrogens with one attached hydrogen (secondary N) is 1. The lowest BCUT2D eigenvalue weighted by atomic mass is 9.95. The van der Waals surface area contributed by atoms with Gasteiger partial charge in [-0.25, -0.2) is 0 Å². The van der Waals surface area contributed by atoms with E-state index in [4.69, 9.17) is 5.26 Å². The summed E-state index contributed by atoms with van der Waals surface area (Å²) in [4.78, 5) is 0. The maximum atomic E-state index is 8.72. The van der Waals surface area contributed by atoms with Gasteiger partial charge in [0.1, 0.15) is 0 Å². The second-order valence-electron chi connectivity index (χ2n) is 3.25. The highest BCUT2D eigenvalue weighted by atomic mass is 14.9. The van der Waals surface area contributed by atoms with Gasteiger partial charge in [0.25, 0.3) is 0 Å². The van der Waals surface area contributed by atoms with Gasteiger partial charge in [-0.05, 0) is 25.3 Å². The van der Waals surface area contributed by atoms with E-state index in [1.54, 1.807) is 0 Å². The van der Waals surface area contributed by atoms with Crippen molar-refractivity contribution in [3.63, 3.8) is 0 Å². The summed E-state index contributed by atoms with van der Waals surface area (Å²) >= 11 is 0. The van der Waals surface area contributed by atoms with Crippen LogP contribution in [0, 0.1) is 17.2 Å². The van der Waals surface area contributed by atoms with E-state index in [0.29, 0.717) is 5.92 Å². The van der Waals surface area contributed by atoms with Crippen molar-refractivity contribution < 1.29 is 0 Å². The molecule has 11 heavy (non-hydrogen) atoms. The van der Waals surface area contributed by atoms with Crippen LogP contribution < -0.4 is 5.32 Å². The standard InChI is InChI=1S/C9H16N2/c1-2-3-4-8-5-6-11-9(8)7-10/h8-9,11H,2-6H2,1H3/t8-,9+/m0/s1. The van der Waals surface area contributed by atoms with Gasteiger partial charge in [0.05, 0.1) is 12.1 Å². The summed E-state index contributed by atoms with van der Waals surface area (Å²) in [6, 6.07) is 2.45. The highest BCUT2D eigenvalue weighted by molar-refractivity contribution is 4.98. The minimum absolute atomic E-state index is 0.140. The van der Waals surface area contributed by atoms with Gasteiger partial charge in [0.2, 0.25) is 0 Å². The summed E-state index contributed by atoms with van der Waals surface area (Å²) in [6.07, 6.45) is 4.93. The molecular formula is C9H16N2. The second kappa shape index (κ2) is 4.35. The van der Waals surface area contributed by atoms with Crippen molar-refractivity contribution in [2.24, 2.45) is 5.92 Å². The molecule has 1 heterocycles. The topological polar surface area (TPSA) is 35.8 Å². The van der Waals surface area contributed by atoms with E-state index in [-0.39, 0.29) is 6.04 Å². The van der Waals surface area contributed by atoms with Crippen LogP contribution in [0.15, 0.2) is 0 Å². The molecule has 0 aromatic heterocycles. The Morgan fingerprint density at radius 3 is 3.09 bits per heavy atom. The van der Waals surface area contributed by atoms with Crippen LogP contribution in [-0.4, -0.2) is 12.6 Å². The number of hydrogen-bond acceptors (Lipinski definition) is 2. The van der Waals surface area contributed by atoms with Crippen molar-refractivity contribution in [3.05, 3.63) is 0 Å². The largest absolute Gasteiger partial charge is 0.302 e. The maximum Gasteiger partial charge on any atom is 0.0981 e. The fourth-order valence-electron chi connectivity index (χ4n) is 1.69. The lowest BCUT2D eigenvalue weighted by Gasteiger charge is -2.10.